The quantitative estimate of drug-likeness (QED) is 0.463. The third kappa shape index (κ3) is 4.16. The van der Waals surface area contributed by atoms with Crippen molar-refractivity contribution in [2.24, 2.45) is 17.3 Å². The van der Waals surface area contributed by atoms with Crippen molar-refractivity contribution in [3.63, 3.8) is 0 Å². The number of carbonyl (C=O) groups is 1. The SMILES string of the molecule is C=B/C(Br)=C\C1C(C(=O)OCc2cccc(-c3ccccc3)c2C)C1(C)C. The van der Waals surface area contributed by atoms with Crippen LogP contribution in [0, 0.1) is 24.2 Å². The summed E-state index contributed by atoms with van der Waals surface area (Å²) in [5.74, 6) is -0.0631. The van der Waals surface area contributed by atoms with Gasteiger partial charge in [-0.2, -0.15) is 0 Å². The average molecular weight is 423 g/mol. The summed E-state index contributed by atoms with van der Waals surface area (Å²) in [6.07, 6.45) is 2.06. The van der Waals surface area contributed by atoms with Crippen LogP contribution < -0.4 is 0 Å². The van der Waals surface area contributed by atoms with Crippen LogP contribution >= 0.6 is 15.9 Å². The number of rotatable bonds is 6. The van der Waals surface area contributed by atoms with Gasteiger partial charge in [-0.25, -0.2) is 0 Å². The molecule has 27 heavy (non-hydrogen) atoms. The van der Waals surface area contributed by atoms with E-state index in [0.29, 0.717) is 6.61 Å². The molecule has 1 fully saturated rings. The predicted octanol–water partition coefficient (Wildman–Crippen LogP) is 5.35. The van der Waals surface area contributed by atoms with Crippen LogP contribution in [0.4, 0.5) is 0 Å². The fourth-order valence-electron chi connectivity index (χ4n) is 3.69. The molecule has 2 unspecified atom stereocenters. The summed E-state index contributed by atoms with van der Waals surface area (Å²) in [5, 5.41) is 0. The van der Waals surface area contributed by atoms with E-state index in [-0.39, 0.29) is 23.2 Å². The molecular weight excluding hydrogens is 399 g/mol. The first-order valence-electron chi connectivity index (χ1n) is 9.16. The van der Waals surface area contributed by atoms with Crippen LogP contribution in [-0.4, -0.2) is 19.4 Å². The van der Waals surface area contributed by atoms with Gasteiger partial charge in [0.15, 0.2) is 0 Å². The number of allylic oxidation sites excluding steroid dienone is 1. The molecular formula is C23H24BBrO2. The van der Waals surface area contributed by atoms with Crippen molar-refractivity contribution in [1.82, 2.24) is 0 Å². The molecule has 138 valence electrons. The van der Waals surface area contributed by atoms with Crippen molar-refractivity contribution in [2.75, 3.05) is 0 Å². The Balaban J connectivity index is 1.71. The number of ether oxygens (including phenoxy) is 1. The number of carbonyl (C=O) groups excluding carboxylic acids is 1. The molecule has 0 saturated heterocycles. The summed E-state index contributed by atoms with van der Waals surface area (Å²) in [7, 11) is 0. The molecule has 4 heteroatoms. The van der Waals surface area contributed by atoms with E-state index in [2.05, 4.69) is 67.4 Å². The number of hydrogen-bond donors (Lipinski definition) is 0. The summed E-state index contributed by atoms with van der Waals surface area (Å²) in [6, 6.07) is 16.4. The van der Waals surface area contributed by atoms with Gasteiger partial charge in [-0.05, 0) is 0 Å². The number of benzene rings is 2. The van der Waals surface area contributed by atoms with Crippen LogP contribution in [0.25, 0.3) is 11.1 Å². The van der Waals surface area contributed by atoms with E-state index in [0.717, 1.165) is 15.5 Å². The number of hydrogen-bond acceptors (Lipinski definition) is 2. The normalized spacial score (nSPS) is 20.7. The summed E-state index contributed by atoms with van der Waals surface area (Å²) in [4.78, 5) is 12.6. The molecule has 0 amide bonds. The van der Waals surface area contributed by atoms with Crippen LogP contribution in [0.5, 0.6) is 0 Å². The molecule has 0 radical (unpaired) electrons. The summed E-state index contributed by atoms with van der Waals surface area (Å²) in [5.41, 5.74) is 4.46. The predicted molar refractivity (Wildman–Crippen MR) is 117 cm³/mol. The average Bonchev–Trinajstić information content (AvgIpc) is 3.21. The van der Waals surface area contributed by atoms with Crippen molar-refractivity contribution in [2.45, 2.75) is 27.4 Å². The van der Waals surface area contributed by atoms with Gasteiger partial charge in [-0.1, -0.05) is 18.2 Å². The number of esters is 1. The van der Waals surface area contributed by atoms with Crippen molar-refractivity contribution in [3.05, 3.63) is 70.1 Å². The fourth-order valence-corrected chi connectivity index (χ4v) is 3.97. The molecule has 0 aromatic heterocycles. The Hall–Kier alpha value is -1.94. The van der Waals surface area contributed by atoms with E-state index in [1.807, 2.05) is 30.3 Å². The van der Waals surface area contributed by atoms with Gasteiger partial charge in [0.2, 0.25) is 0 Å². The van der Waals surface area contributed by atoms with Gasteiger partial charge in [-0.15, -0.1) is 0 Å². The third-order valence-corrected chi connectivity index (χ3v) is 6.19. The molecule has 2 aromatic carbocycles. The molecule has 0 bridgehead atoms. The Bertz CT molecular complexity index is 887. The van der Waals surface area contributed by atoms with Crippen molar-refractivity contribution in [3.8, 4) is 11.1 Å². The minimum atomic E-state index is -0.130. The first-order valence-corrected chi connectivity index (χ1v) is 9.96. The second-order valence-electron chi connectivity index (χ2n) is 7.64. The molecule has 0 N–H and O–H groups in total. The van der Waals surface area contributed by atoms with Crippen LogP contribution in [0.15, 0.2) is 59.0 Å². The maximum atomic E-state index is 12.6. The zero-order valence-corrected chi connectivity index (χ0v) is 17.6. The van der Waals surface area contributed by atoms with Gasteiger partial charge in [0.05, 0.1) is 0 Å². The fraction of sp³-hybridized carbons (Fsp3) is 0.304. The summed E-state index contributed by atoms with van der Waals surface area (Å²) >= 11 is 3.45. The molecule has 0 aliphatic heterocycles. The van der Waals surface area contributed by atoms with Crippen molar-refractivity contribution in [1.29, 1.82) is 0 Å². The summed E-state index contributed by atoms with van der Waals surface area (Å²) in [6.45, 7) is 12.1. The van der Waals surface area contributed by atoms with Crippen LogP contribution in [0.3, 0.4) is 0 Å². The maximum absolute atomic E-state index is 12.6. The molecule has 2 aromatic rings. The Labute approximate surface area is 170 Å². The van der Waals surface area contributed by atoms with E-state index in [1.165, 1.54) is 11.1 Å². The van der Waals surface area contributed by atoms with Gasteiger partial charge in [-0.3, -0.25) is 0 Å². The first-order chi connectivity index (χ1) is 12.9. The molecule has 1 aliphatic carbocycles. The second-order valence-corrected chi connectivity index (χ2v) is 8.56. The van der Waals surface area contributed by atoms with E-state index < -0.39 is 0 Å². The Morgan fingerprint density at radius 1 is 1.22 bits per heavy atom. The van der Waals surface area contributed by atoms with Crippen molar-refractivity contribution < 1.29 is 9.53 Å². The second kappa shape index (κ2) is 7.98. The van der Waals surface area contributed by atoms with Gasteiger partial charge >= 0.3 is 152 Å². The van der Waals surface area contributed by atoms with Gasteiger partial charge in [0.1, 0.15) is 0 Å². The Kier molecular flexibility index (Phi) is 5.85. The van der Waals surface area contributed by atoms with Crippen LogP contribution in [0.2, 0.25) is 0 Å². The Morgan fingerprint density at radius 3 is 2.59 bits per heavy atom. The van der Waals surface area contributed by atoms with E-state index in [1.54, 1.807) is 6.92 Å². The standard InChI is InChI=1S/C23H24BBrO2/c1-15-17(11-8-12-18(15)16-9-6-5-7-10-16)14-27-22(26)21-19(23(21,2)3)13-20(25)24-4/h5-13,19,21H,4,14H2,1-3H3/b20-13+. The van der Waals surface area contributed by atoms with Crippen LogP contribution in [-0.2, 0) is 16.1 Å². The Morgan fingerprint density at radius 2 is 1.93 bits per heavy atom. The van der Waals surface area contributed by atoms with E-state index in [9.17, 15) is 4.79 Å². The monoisotopic (exact) mass is 422 g/mol. The number of halogens is 1. The minimum absolute atomic E-state index is 0.0833. The van der Waals surface area contributed by atoms with Crippen molar-refractivity contribution >= 4 is 35.3 Å². The zero-order valence-electron chi connectivity index (χ0n) is 16.0. The van der Waals surface area contributed by atoms with Gasteiger partial charge in [0.25, 0.3) is 0 Å². The van der Waals surface area contributed by atoms with Gasteiger partial charge < -0.3 is 0 Å². The molecule has 1 saturated carbocycles. The summed E-state index contributed by atoms with van der Waals surface area (Å²) < 4.78 is 6.61. The first kappa shape index (κ1) is 19.8. The topological polar surface area (TPSA) is 26.3 Å². The van der Waals surface area contributed by atoms with Gasteiger partial charge in [0, 0.05) is 0 Å². The zero-order chi connectivity index (χ0) is 19.6. The molecule has 2 atom stereocenters. The third-order valence-electron chi connectivity index (χ3n) is 5.60. The van der Waals surface area contributed by atoms with E-state index in [4.69, 9.17) is 4.74 Å². The van der Waals surface area contributed by atoms with E-state index >= 15 is 0 Å². The molecule has 2 nitrogen and oxygen atoms in total. The molecule has 0 spiro atoms. The molecule has 1 aliphatic rings. The molecule has 3 rings (SSSR count). The van der Waals surface area contributed by atoms with Crippen LogP contribution in [0.1, 0.15) is 25.0 Å². The molecule has 0 heterocycles.